The Balaban J connectivity index is 1.64. The number of ether oxygens (including phenoxy) is 3. The molecule has 0 saturated carbocycles. The molecule has 4 rings (SSSR count). The quantitative estimate of drug-likeness (QED) is 0.398. The van der Waals surface area contributed by atoms with Crippen LogP contribution in [0.25, 0.3) is 0 Å². The molecule has 0 unspecified atom stereocenters. The van der Waals surface area contributed by atoms with Gasteiger partial charge in [0.2, 0.25) is 11.8 Å². The molecule has 0 aliphatic heterocycles. The summed E-state index contributed by atoms with van der Waals surface area (Å²) >= 11 is 0. The average Bonchev–Trinajstić information content (AvgIpc) is 2.70. The van der Waals surface area contributed by atoms with Gasteiger partial charge in [0, 0.05) is 12.1 Å². The van der Waals surface area contributed by atoms with E-state index in [0.717, 1.165) is 5.75 Å². The van der Waals surface area contributed by atoms with Crippen LogP contribution in [0.2, 0.25) is 0 Å². The number of aromatic nitrogens is 1. The van der Waals surface area contributed by atoms with Crippen LogP contribution in [0.1, 0.15) is 0 Å². The molecule has 0 radical (unpaired) electrons. The lowest BCUT2D eigenvalue weighted by Crippen LogP contribution is -1.94. The third-order valence-electron chi connectivity index (χ3n) is 3.66. The van der Waals surface area contributed by atoms with Gasteiger partial charge in [0.05, 0.1) is 0 Å². The van der Waals surface area contributed by atoms with Gasteiger partial charge in [-0.05, 0) is 36.4 Å². The zero-order chi connectivity index (χ0) is 18.3. The highest BCUT2D eigenvalue weighted by Crippen LogP contribution is 2.32. The minimum absolute atomic E-state index is 0.389. The summed E-state index contributed by atoms with van der Waals surface area (Å²) in [5.41, 5.74) is 0. The molecule has 27 heavy (non-hydrogen) atoms. The van der Waals surface area contributed by atoms with Gasteiger partial charge in [-0.15, -0.1) is 0 Å². The van der Waals surface area contributed by atoms with E-state index < -0.39 is 0 Å². The van der Waals surface area contributed by atoms with E-state index in [9.17, 15) is 0 Å². The summed E-state index contributed by atoms with van der Waals surface area (Å²) in [6.45, 7) is 0. The van der Waals surface area contributed by atoms with E-state index in [-0.39, 0.29) is 0 Å². The second-order valence-electron chi connectivity index (χ2n) is 5.72. The van der Waals surface area contributed by atoms with Crippen LogP contribution < -0.4 is 14.2 Å². The molecule has 1 aromatic heterocycles. The first-order chi connectivity index (χ1) is 13.3. The van der Waals surface area contributed by atoms with Crippen LogP contribution in [-0.4, -0.2) is 4.98 Å². The monoisotopic (exact) mass is 355 g/mol. The van der Waals surface area contributed by atoms with E-state index in [1.807, 2.05) is 91.0 Å². The Morgan fingerprint density at radius 1 is 0.407 bits per heavy atom. The molecular weight excluding hydrogens is 338 g/mol. The van der Waals surface area contributed by atoms with Crippen LogP contribution in [0.15, 0.2) is 103 Å². The van der Waals surface area contributed by atoms with Crippen molar-refractivity contribution >= 4 is 0 Å². The van der Waals surface area contributed by atoms with Gasteiger partial charge in [-0.1, -0.05) is 54.6 Å². The standard InChI is InChI=1S/C23H17NO3/c1-4-10-18(11-5-1)25-21-16-22(26-19-12-6-2-7-13-19)24-23(17-21)27-20-14-8-3-9-15-20/h1-17H. The Kier molecular flexibility index (Phi) is 4.97. The topological polar surface area (TPSA) is 40.6 Å². The van der Waals surface area contributed by atoms with Crippen LogP contribution in [0.4, 0.5) is 0 Å². The van der Waals surface area contributed by atoms with Gasteiger partial charge in [0.15, 0.2) is 0 Å². The molecule has 0 N–H and O–H groups in total. The zero-order valence-corrected chi connectivity index (χ0v) is 14.5. The molecule has 4 nitrogen and oxygen atoms in total. The molecule has 0 aliphatic carbocycles. The lowest BCUT2D eigenvalue weighted by Gasteiger charge is -2.12. The Hall–Kier alpha value is -3.79. The molecule has 0 spiro atoms. The van der Waals surface area contributed by atoms with Crippen LogP contribution >= 0.6 is 0 Å². The molecule has 0 bridgehead atoms. The summed E-state index contributed by atoms with van der Waals surface area (Å²) in [4.78, 5) is 4.44. The number of rotatable bonds is 6. The smallest absolute Gasteiger partial charge is 0.226 e. The number of pyridine rings is 1. The van der Waals surface area contributed by atoms with Crippen molar-refractivity contribution in [1.82, 2.24) is 4.98 Å². The molecule has 4 heteroatoms. The largest absolute Gasteiger partial charge is 0.457 e. The molecule has 0 saturated heterocycles. The van der Waals surface area contributed by atoms with E-state index in [0.29, 0.717) is 29.0 Å². The fraction of sp³-hybridized carbons (Fsp3) is 0. The first kappa shape index (κ1) is 16.7. The van der Waals surface area contributed by atoms with E-state index in [1.54, 1.807) is 12.1 Å². The van der Waals surface area contributed by atoms with Gasteiger partial charge in [0.1, 0.15) is 23.0 Å². The van der Waals surface area contributed by atoms with Crippen LogP contribution in [0.5, 0.6) is 34.8 Å². The lowest BCUT2D eigenvalue weighted by molar-refractivity contribution is 0.412. The molecule has 0 aliphatic rings. The normalized spacial score (nSPS) is 10.2. The fourth-order valence-corrected chi connectivity index (χ4v) is 2.46. The highest BCUT2D eigenvalue weighted by Gasteiger charge is 2.09. The van der Waals surface area contributed by atoms with Gasteiger partial charge < -0.3 is 14.2 Å². The number of benzene rings is 3. The SMILES string of the molecule is c1ccc(Oc2cc(Oc3ccccc3)nc(Oc3ccccc3)c2)cc1. The Labute approximate surface area is 157 Å². The van der Waals surface area contributed by atoms with Crippen LogP contribution in [0.3, 0.4) is 0 Å². The maximum absolute atomic E-state index is 5.94. The first-order valence-corrected chi connectivity index (χ1v) is 8.56. The Bertz CT molecular complexity index is 845. The number of nitrogens with zero attached hydrogens (tertiary/aromatic N) is 1. The average molecular weight is 355 g/mol. The molecule has 0 amide bonds. The summed E-state index contributed by atoms with van der Waals surface area (Å²) in [6.07, 6.45) is 0. The van der Waals surface area contributed by atoms with Gasteiger partial charge in [-0.3, -0.25) is 0 Å². The maximum atomic E-state index is 5.94. The summed E-state index contributed by atoms with van der Waals surface area (Å²) in [5.74, 6) is 3.45. The highest BCUT2D eigenvalue weighted by atomic mass is 16.5. The minimum atomic E-state index is 0.389. The van der Waals surface area contributed by atoms with Crippen molar-refractivity contribution in [3.8, 4) is 34.8 Å². The van der Waals surface area contributed by atoms with Crippen molar-refractivity contribution in [2.75, 3.05) is 0 Å². The summed E-state index contributed by atoms with van der Waals surface area (Å²) in [6, 6.07) is 31.9. The zero-order valence-electron chi connectivity index (χ0n) is 14.5. The Morgan fingerprint density at radius 2 is 0.778 bits per heavy atom. The second-order valence-corrected chi connectivity index (χ2v) is 5.72. The minimum Gasteiger partial charge on any atom is -0.457 e. The lowest BCUT2D eigenvalue weighted by atomic mass is 10.3. The van der Waals surface area contributed by atoms with Gasteiger partial charge in [-0.2, -0.15) is 4.98 Å². The third kappa shape index (κ3) is 4.64. The third-order valence-corrected chi connectivity index (χ3v) is 3.66. The second kappa shape index (κ2) is 8.06. The van der Waals surface area contributed by atoms with E-state index in [1.165, 1.54) is 0 Å². The van der Waals surface area contributed by atoms with Crippen molar-refractivity contribution in [3.05, 3.63) is 103 Å². The van der Waals surface area contributed by atoms with Crippen molar-refractivity contribution < 1.29 is 14.2 Å². The van der Waals surface area contributed by atoms with Crippen molar-refractivity contribution in [2.45, 2.75) is 0 Å². The van der Waals surface area contributed by atoms with Gasteiger partial charge in [0.25, 0.3) is 0 Å². The van der Waals surface area contributed by atoms with Gasteiger partial charge >= 0.3 is 0 Å². The van der Waals surface area contributed by atoms with Crippen LogP contribution in [-0.2, 0) is 0 Å². The van der Waals surface area contributed by atoms with E-state index >= 15 is 0 Å². The summed E-state index contributed by atoms with van der Waals surface area (Å²) < 4.78 is 17.7. The van der Waals surface area contributed by atoms with E-state index in [4.69, 9.17) is 14.2 Å². The van der Waals surface area contributed by atoms with Gasteiger partial charge in [-0.25, -0.2) is 0 Å². The molecule has 1 heterocycles. The number of hydrogen-bond acceptors (Lipinski definition) is 4. The fourth-order valence-electron chi connectivity index (χ4n) is 2.46. The molecule has 4 aromatic rings. The van der Waals surface area contributed by atoms with Crippen molar-refractivity contribution in [3.63, 3.8) is 0 Å². The van der Waals surface area contributed by atoms with Crippen LogP contribution in [0, 0.1) is 0 Å². The summed E-state index contributed by atoms with van der Waals surface area (Å²) in [5, 5.41) is 0. The molecule has 132 valence electrons. The first-order valence-electron chi connectivity index (χ1n) is 8.56. The predicted molar refractivity (Wildman–Crippen MR) is 104 cm³/mol. The number of hydrogen-bond donors (Lipinski definition) is 0. The van der Waals surface area contributed by atoms with Crippen molar-refractivity contribution in [2.24, 2.45) is 0 Å². The predicted octanol–water partition coefficient (Wildman–Crippen LogP) is 6.46. The van der Waals surface area contributed by atoms with E-state index in [2.05, 4.69) is 4.98 Å². The maximum Gasteiger partial charge on any atom is 0.226 e. The summed E-state index contributed by atoms with van der Waals surface area (Å²) in [7, 11) is 0. The van der Waals surface area contributed by atoms with Crippen molar-refractivity contribution in [1.29, 1.82) is 0 Å². The molecule has 0 fully saturated rings. The molecule has 0 atom stereocenters. The highest BCUT2D eigenvalue weighted by molar-refractivity contribution is 5.40. The molecule has 3 aromatic carbocycles. The number of para-hydroxylation sites is 3. The Morgan fingerprint density at radius 3 is 1.19 bits per heavy atom. The molecular formula is C23H17NO3.